The molecule has 3 heterocycles. The van der Waals surface area contributed by atoms with E-state index in [-0.39, 0.29) is 12.1 Å². The van der Waals surface area contributed by atoms with Gasteiger partial charge in [-0.15, -0.1) is 0 Å². The van der Waals surface area contributed by atoms with Crippen molar-refractivity contribution in [2.45, 2.75) is 18.9 Å². The number of hydrogen-bond acceptors (Lipinski definition) is 9. The largest absolute Gasteiger partial charge is 0.495 e. The summed E-state index contributed by atoms with van der Waals surface area (Å²) in [6.45, 7) is 1.36. The number of nitrogens with two attached hydrogens (primary N) is 1. The van der Waals surface area contributed by atoms with Gasteiger partial charge in [0.15, 0.2) is 0 Å². The van der Waals surface area contributed by atoms with Crippen molar-refractivity contribution in [2.75, 3.05) is 36.1 Å². The van der Waals surface area contributed by atoms with Crippen molar-refractivity contribution >= 4 is 29.2 Å². The fraction of sp³-hybridized carbons (Fsp3) is 0.273. The normalized spacial score (nSPS) is 15.9. The van der Waals surface area contributed by atoms with Gasteiger partial charge in [-0.1, -0.05) is 12.1 Å². The number of pyridine rings is 1. The van der Waals surface area contributed by atoms with Gasteiger partial charge in [0.2, 0.25) is 5.95 Å². The minimum absolute atomic E-state index is 0.221. The van der Waals surface area contributed by atoms with E-state index in [1.807, 2.05) is 24.3 Å². The van der Waals surface area contributed by atoms with Crippen molar-refractivity contribution in [3.05, 3.63) is 60.4 Å². The van der Waals surface area contributed by atoms with Gasteiger partial charge in [-0.2, -0.15) is 4.98 Å². The Morgan fingerprint density at radius 1 is 1.16 bits per heavy atom. The van der Waals surface area contributed by atoms with E-state index in [2.05, 4.69) is 25.2 Å². The fourth-order valence-electron chi connectivity index (χ4n) is 3.54. The number of carbonyl (C=O) groups excluding carboxylic acids is 1. The van der Waals surface area contributed by atoms with Crippen LogP contribution in [0.2, 0.25) is 0 Å². The first kappa shape index (κ1) is 20.4. The summed E-state index contributed by atoms with van der Waals surface area (Å²) in [5, 5.41) is 3.17. The fourth-order valence-corrected chi connectivity index (χ4v) is 3.54. The van der Waals surface area contributed by atoms with E-state index in [0.717, 1.165) is 25.2 Å². The molecule has 160 valence electrons. The van der Waals surface area contributed by atoms with E-state index in [9.17, 15) is 4.79 Å². The van der Waals surface area contributed by atoms with E-state index in [1.54, 1.807) is 37.7 Å². The first-order valence-corrected chi connectivity index (χ1v) is 10.0. The second-order valence-electron chi connectivity index (χ2n) is 7.11. The zero-order chi connectivity index (χ0) is 21.6. The molecule has 0 aliphatic carbocycles. The van der Waals surface area contributed by atoms with Crippen molar-refractivity contribution in [3.63, 3.8) is 0 Å². The number of methoxy groups -OCH3 is 1. The van der Waals surface area contributed by atoms with Crippen molar-refractivity contribution < 1.29 is 14.3 Å². The molecule has 1 fully saturated rings. The summed E-state index contributed by atoms with van der Waals surface area (Å²) < 4.78 is 11.2. The number of piperidine rings is 1. The molecule has 2 aromatic heterocycles. The van der Waals surface area contributed by atoms with Crippen molar-refractivity contribution in [2.24, 2.45) is 0 Å². The number of benzene rings is 1. The van der Waals surface area contributed by atoms with Crippen LogP contribution in [-0.2, 0) is 4.74 Å². The van der Waals surface area contributed by atoms with Gasteiger partial charge < -0.3 is 25.4 Å². The first-order chi connectivity index (χ1) is 15.1. The maximum atomic E-state index is 13.0. The molecule has 9 heteroatoms. The molecule has 0 radical (unpaired) electrons. The highest BCUT2D eigenvalue weighted by Gasteiger charge is 2.26. The number of carbonyl (C=O) groups is 1. The third-order valence-corrected chi connectivity index (χ3v) is 5.02. The lowest BCUT2D eigenvalue weighted by molar-refractivity contribution is 0.0270. The van der Waals surface area contributed by atoms with Gasteiger partial charge in [-0.3, -0.25) is 0 Å². The molecule has 0 bridgehead atoms. The smallest absolute Gasteiger partial charge is 0.342 e. The van der Waals surface area contributed by atoms with Crippen LogP contribution in [0, 0.1) is 0 Å². The van der Waals surface area contributed by atoms with Crippen LogP contribution >= 0.6 is 0 Å². The van der Waals surface area contributed by atoms with Crippen LogP contribution in [0.1, 0.15) is 23.2 Å². The zero-order valence-electron chi connectivity index (χ0n) is 17.2. The number of aromatic nitrogens is 3. The van der Waals surface area contributed by atoms with Crippen LogP contribution in [0.5, 0.6) is 5.75 Å². The van der Waals surface area contributed by atoms with Crippen LogP contribution in [0.4, 0.5) is 23.3 Å². The number of nitrogen functional groups attached to an aromatic ring is 1. The Bertz CT molecular complexity index is 1060. The number of esters is 1. The van der Waals surface area contributed by atoms with Gasteiger partial charge in [-0.25, -0.2) is 14.8 Å². The summed E-state index contributed by atoms with van der Waals surface area (Å²) in [6.07, 6.45) is 4.63. The number of anilines is 4. The molecule has 4 rings (SSSR count). The summed E-state index contributed by atoms with van der Waals surface area (Å²) in [6, 6.07) is 12.6. The number of ether oxygens (including phenoxy) is 2. The average molecular weight is 420 g/mol. The monoisotopic (exact) mass is 420 g/mol. The topological polar surface area (TPSA) is 115 Å². The second kappa shape index (κ2) is 9.29. The third-order valence-electron chi connectivity index (χ3n) is 5.02. The number of para-hydroxylation sites is 2. The molecule has 0 spiro atoms. The molecule has 1 unspecified atom stereocenters. The van der Waals surface area contributed by atoms with Crippen LogP contribution < -0.4 is 20.7 Å². The van der Waals surface area contributed by atoms with Crippen LogP contribution in [-0.4, -0.2) is 47.2 Å². The van der Waals surface area contributed by atoms with Crippen molar-refractivity contribution in [3.8, 4) is 5.75 Å². The highest BCUT2D eigenvalue weighted by Crippen LogP contribution is 2.28. The van der Waals surface area contributed by atoms with Gasteiger partial charge in [0.1, 0.15) is 29.1 Å². The lowest BCUT2D eigenvalue weighted by atomic mass is 10.1. The average Bonchev–Trinajstić information content (AvgIpc) is 2.80. The lowest BCUT2D eigenvalue weighted by Gasteiger charge is -2.33. The highest BCUT2D eigenvalue weighted by atomic mass is 16.5. The number of hydrogen-bond donors (Lipinski definition) is 2. The number of nitrogens with zero attached hydrogens (tertiary/aromatic N) is 4. The van der Waals surface area contributed by atoms with Crippen LogP contribution in [0.15, 0.2) is 54.9 Å². The molecule has 1 saturated heterocycles. The molecule has 31 heavy (non-hydrogen) atoms. The first-order valence-electron chi connectivity index (χ1n) is 10.0. The van der Waals surface area contributed by atoms with Gasteiger partial charge in [0.05, 0.1) is 19.3 Å². The predicted molar refractivity (Wildman–Crippen MR) is 118 cm³/mol. The SMILES string of the molecule is COc1ccccc1Nc1ncccc1C(=O)OC1CCCN(c2ccnc(N)n2)C1. The third kappa shape index (κ3) is 4.82. The van der Waals surface area contributed by atoms with E-state index in [0.29, 0.717) is 29.4 Å². The number of nitrogens with one attached hydrogen (secondary N) is 1. The maximum Gasteiger partial charge on any atom is 0.342 e. The summed E-state index contributed by atoms with van der Waals surface area (Å²) >= 11 is 0. The lowest BCUT2D eigenvalue weighted by Crippen LogP contribution is -2.41. The zero-order valence-corrected chi connectivity index (χ0v) is 17.2. The summed E-state index contributed by atoms with van der Waals surface area (Å²) in [5.74, 6) is 1.58. The van der Waals surface area contributed by atoms with Gasteiger partial charge in [-0.05, 0) is 43.2 Å². The minimum atomic E-state index is -0.431. The Morgan fingerprint density at radius 3 is 2.87 bits per heavy atom. The molecular weight excluding hydrogens is 396 g/mol. The van der Waals surface area contributed by atoms with Gasteiger partial charge in [0, 0.05) is 18.9 Å². The number of rotatable bonds is 6. The Labute approximate surface area is 180 Å². The van der Waals surface area contributed by atoms with E-state index in [1.165, 1.54) is 0 Å². The molecule has 1 atom stereocenters. The summed E-state index contributed by atoms with van der Waals surface area (Å²) in [4.78, 5) is 27.6. The standard InChI is InChI=1S/C22H24N6O3/c1-30-18-9-3-2-8-17(18)26-20-16(7-4-11-24-20)21(29)31-15-6-5-13-28(14-15)19-10-12-25-22(23)27-19/h2-4,7-12,15H,5-6,13-14H2,1H3,(H,24,26)(H2,23,25,27). The Morgan fingerprint density at radius 2 is 2.03 bits per heavy atom. The molecule has 3 aromatic rings. The van der Waals surface area contributed by atoms with Crippen LogP contribution in [0.25, 0.3) is 0 Å². The van der Waals surface area contributed by atoms with Crippen LogP contribution in [0.3, 0.4) is 0 Å². The Hall–Kier alpha value is -3.88. The summed E-state index contributed by atoms with van der Waals surface area (Å²) in [5.41, 5.74) is 6.77. The predicted octanol–water partition coefficient (Wildman–Crippen LogP) is 3.03. The molecule has 1 aliphatic heterocycles. The molecule has 0 saturated carbocycles. The molecule has 0 amide bonds. The molecule has 1 aliphatic rings. The molecule has 1 aromatic carbocycles. The minimum Gasteiger partial charge on any atom is -0.495 e. The molecule has 9 nitrogen and oxygen atoms in total. The van der Waals surface area contributed by atoms with E-state index in [4.69, 9.17) is 15.2 Å². The van der Waals surface area contributed by atoms with E-state index < -0.39 is 5.97 Å². The molecular formula is C22H24N6O3. The van der Waals surface area contributed by atoms with Gasteiger partial charge in [0.25, 0.3) is 0 Å². The quantitative estimate of drug-likeness (QED) is 0.581. The Balaban J connectivity index is 1.47. The van der Waals surface area contributed by atoms with Gasteiger partial charge >= 0.3 is 5.97 Å². The van der Waals surface area contributed by atoms with E-state index >= 15 is 0 Å². The second-order valence-corrected chi connectivity index (χ2v) is 7.11. The molecule has 3 N–H and O–H groups in total. The highest BCUT2D eigenvalue weighted by molar-refractivity contribution is 5.95. The Kier molecular flexibility index (Phi) is 6.11. The summed E-state index contributed by atoms with van der Waals surface area (Å²) in [7, 11) is 1.59. The van der Waals surface area contributed by atoms with Crippen molar-refractivity contribution in [1.29, 1.82) is 0 Å². The maximum absolute atomic E-state index is 13.0. The van der Waals surface area contributed by atoms with Crippen molar-refractivity contribution in [1.82, 2.24) is 15.0 Å².